The average molecular weight is 249 g/mol. The van der Waals surface area contributed by atoms with Crippen LogP contribution in [0.1, 0.15) is 35.1 Å². The number of nitrogens with zero attached hydrogens (tertiary/aromatic N) is 3. The molecule has 1 aliphatic rings. The molecule has 1 atom stereocenters. The largest absolute Gasteiger partial charge is 0.338 e. The van der Waals surface area contributed by atoms with Gasteiger partial charge in [-0.15, -0.1) is 11.3 Å². The van der Waals surface area contributed by atoms with Crippen molar-refractivity contribution in [1.82, 2.24) is 15.0 Å². The summed E-state index contributed by atoms with van der Waals surface area (Å²) in [6, 6.07) is 2.67. The Hall–Kier alpha value is -1.20. The van der Waals surface area contributed by atoms with Gasteiger partial charge in [0.25, 0.3) is 0 Å². The normalized spacial score (nSPS) is 20.5. The van der Waals surface area contributed by atoms with Crippen LogP contribution in [0, 0.1) is 6.92 Å². The maximum absolute atomic E-state index is 5.18. The van der Waals surface area contributed by atoms with Gasteiger partial charge in [-0.25, -0.2) is 0 Å². The molecule has 0 saturated carbocycles. The van der Waals surface area contributed by atoms with E-state index in [1.807, 2.05) is 18.3 Å². The lowest BCUT2D eigenvalue weighted by molar-refractivity contribution is 0.167. The molecular weight excluding hydrogens is 234 g/mol. The van der Waals surface area contributed by atoms with E-state index in [2.05, 4.69) is 33.4 Å². The van der Waals surface area contributed by atoms with Crippen molar-refractivity contribution in [3.8, 4) is 0 Å². The van der Waals surface area contributed by atoms with Crippen LogP contribution < -0.4 is 0 Å². The summed E-state index contributed by atoms with van der Waals surface area (Å²) in [6.45, 7) is 5.91. The number of fused-ring (bicyclic) bond motifs is 1. The first kappa shape index (κ1) is 10.9. The minimum absolute atomic E-state index is 0.442. The zero-order valence-electron chi connectivity index (χ0n) is 10.0. The highest BCUT2D eigenvalue weighted by molar-refractivity contribution is 7.10. The first-order valence-electron chi connectivity index (χ1n) is 5.83. The first-order chi connectivity index (χ1) is 8.24. The topological polar surface area (TPSA) is 42.2 Å². The zero-order valence-corrected chi connectivity index (χ0v) is 10.8. The second-order valence-electron chi connectivity index (χ2n) is 4.43. The van der Waals surface area contributed by atoms with Gasteiger partial charge in [0.2, 0.25) is 5.89 Å². The monoisotopic (exact) mass is 249 g/mol. The molecule has 0 aromatic carbocycles. The molecule has 0 fully saturated rings. The van der Waals surface area contributed by atoms with Gasteiger partial charge in [-0.1, -0.05) is 5.16 Å². The van der Waals surface area contributed by atoms with Crippen molar-refractivity contribution in [2.24, 2.45) is 0 Å². The predicted octanol–water partition coefficient (Wildman–Crippen LogP) is 2.56. The molecule has 0 unspecified atom stereocenters. The highest BCUT2D eigenvalue weighted by atomic mass is 32.1. The maximum Gasteiger partial charge on any atom is 0.240 e. The van der Waals surface area contributed by atoms with Crippen LogP contribution in [0.15, 0.2) is 16.0 Å². The standard InChI is InChI=1S/C12H15N3OS/c1-8-10-4-6-17-11(10)3-5-15(8)7-12-13-9(2)14-16-12/h4,6,8H,3,5,7H2,1-2H3/t8-/m1/s1. The van der Waals surface area contributed by atoms with Crippen molar-refractivity contribution in [2.75, 3.05) is 6.54 Å². The fourth-order valence-electron chi connectivity index (χ4n) is 2.36. The molecule has 0 radical (unpaired) electrons. The van der Waals surface area contributed by atoms with Gasteiger partial charge >= 0.3 is 0 Å². The van der Waals surface area contributed by atoms with E-state index in [0.29, 0.717) is 17.8 Å². The lowest BCUT2D eigenvalue weighted by Gasteiger charge is -2.32. The third kappa shape index (κ3) is 2.00. The Morgan fingerprint density at radius 2 is 2.47 bits per heavy atom. The van der Waals surface area contributed by atoms with Crippen LogP contribution in [-0.4, -0.2) is 21.6 Å². The second-order valence-corrected chi connectivity index (χ2v) is 5.43. The molecule has 3 rings (SSSR count). The Morgan fingerprint density at radius 1 is 1.59 bits per heavy atom. The van der Waals surface area contributed by atoms with Gasteiger partial charge in [0.05, 0.1) is 6.54 Å². The molecule has 1 aliphatic heterocycles. The molecule has 0 aliphatic carbocycles. The number of aromatic nitrogens is 2. The van der Waals surface area contributed by atoms with Crippen molar-refractivity contribution in [3.63, 3.8) is 0 Å². The molecule has 0 spiro atoms. The number of hydrogen-bond donors (Lipinski definition) is 0. The molecule has 0 amide bonds. The summed E-state index contributed by atoms with van der Waals surface area (Å²) in [6.07, 6.45) is 1.13. The van der Waals surface area contributed by atoms with Crippen LogP contribution in [0.2, 0.25) is 0 Å². The van der Waals surface area contributed by atoms with Crippen LogP contribution in [-0.2, 0) is 13.0 Å². The maximum atomic E-state index is 5.18. The third-order valence-corrected chi connectivity index (χ3v) is 4.31. The Bertz CT molecular complexity index is 519. The van der Waals surface area contributed by atoms with Gasteiger partial charge in [0.1, 0.15) is 0 Å². The smallest absolute Gasteiger partial charge is 0.240 e. The van der Waals surface area contributed by atoms with E-state index in [9.17, 15) is 0 Å². The molecule has 0 N–H and O–H groups in total. The summed E-state index contributed by atoms with van der Waals surface area (Å²) in [4.78, 5) is 8.18. The van der Waals surface area contributed by atoms with Gasteiger partial charge < -0.3 is 4.52 Å². The molecule has 0 bridgehead atoms. The lowest BCUT2D eigenvalue weighted by atomic mass is 10.0. The van der Waals surface area contributed by atoms with Crippen LogP contribution in [0.4, 0.5) is 0 Å². The van der Waals surface area contributed by atoms with Crippen LogP contribution in [0.25, 0.3) is 0 Å². The van der Waals surface area contributed by atoms with Crippen molar-refractivity contribution in [2.45, 2.75) is 32.9 Å². The molecule has 4 nitrogen and oxygen atoms in total. The van der Waals surface area contributed by atoms with Crippen molar-refractivity contribution in [1.29, 1.82) is 0 Å². The van der Waals surface area contributed by atoms with E-state index >= 15 is 0 Å². The Balaban J connectivity index is 1.78. The minimum atomic E-state index is 0.442. The molecule has 17 heavy (non-hydrogen) atoms. The summed E-state index contributed by atoms with van der Waals surface area (Å²) in [5.74, 6) is 1.42. The van der Waals surface area contributed by atoms with Gasteiger partial charge in [0, 0.05) is 17.5 Å². The van der Waals surface area contributed by atoms with Gasteiger partial charge in [-0.3, -0.25) is 4.90 Å². The van der Waals surface area contributed by atoms with Crippen LogP contribution in [0.5, 0.6) is 0 Å². The fraction of sp³-hybridized carbons (Fsp3) is 0.500. The fourth-order valence-corrected chi connectivity index (χ4v) is 3.32. The van der Waals surface area contributed by atoms with E-state index in [4.69, 9.17) is 4.52 Å². The highest BCUT2D eigenvalue weighted by Gasteiger charge is 2.25. The number of hydrogen-bond acceptors (Lipinski definition) is 5. The Labute approximate surface area is 104 Å². The summed E-state index contributed by atoms with van der Waals surface area (Å²) in [7, 11) is 0. The number of rotatable bonds is 2. The molecule has 2 aromatic heterocycles. The van der Waals surface area contributed by atoms with Crippen molar-refractivity contribution >= 4 is 11.3 Å². The molecule has 90 valence electrons. The first-order valence-corrected chi connectivity index (χ1v) is 6.71. The summed E-state index contributed by atoms with van der Waals surface area (Å²) in [5.41, 5.74) is 1.46. The average Bonchev–Trinajstić information content (AvgIpc) is 2.92. The van der Waals surface area contributed by atoms with E-state index in [0.717, 1.165) is 19.5 Å². The summed E-state index contributed by atoms with van der Waals surface area (Å²) >= 11 is 1.86. The van der Waals surface area contributed by atoms with Crippen molar-refractivity contribution < 1.29 is 4.52 Å². The predicted molar refractivity (Wildman–Crippen MR) is 65.9 cm³/mol. The lowest BCUT2D eigenvalue weighted by Crippen LogP contribution is -2.32. The van der Waals surface area contributed by atoms with E-state index in [1.165, 1.54) is 10.4 Å². The Morgan fingerprint density at radius 3 is 3.24 bits per heavy atom. The van der Waals surface area contributed by atoms with Crippen LogP contribution >= 0.6 is 11.3 Å². The number of aryl methyl sites for hydroxylation is 1. The third-order valence-electron chi connectivity index (χ3n) is 3.31. The molecule has 5 heteroatoms. The second kappa shape index (κ2) is 4.23. The zero-order chi connectivity index (χ0) is 11.8. The summed E-state index contributed by atoms with van der Waals surface area (Å²) in [5, 5.41) is 6.01. The van der Waals surface area contributed by atoms with E-state index < -0.39 is 0 Å². The van der Waals surface area contributed by atoms with Gasteiger partial charge in [0.15, 0.2) is 5.82 Å². The highest BCUT2D eigenvalue weighted by Crippen LogP contribution is 2.33. The SMILES string of the molecule is Cc1noc(CN2CCc3sccc3[C@H]2C)n1. The van der Waals surface area contributed by atoms with Gasteiger partial charge in [-0.05, 0) is 37.3 Å². The van der Waals surface area contributed by atoms with Crippen molar-refractivity contribution in [3.05, 3.63) is 33.6 Å². The summed E-state index contributed by atoms with van der Waals surface area (Å²) < 4.78 is 5.18. The molecular formula is C12H15N3OS. The number of thiophene rings is 1. The molecule has 2 aromatic rings. The van der Waals surface area contributed by atoms with E-state index in [-0.39, 0.29) is 0 Å². The van der Waals surface area contributed by atoms with Gasteiger partial charge in [-0.2, -0.15) is 4.98 Å². The molecule has 3 heterocycles. The quantitative estimate of drug-likeness (QED) is 0.820. The Kier molecular flexibility index (Phi) is 2.72. The molecule has 0 saturated heterocycles. The van der Waals surface area contributed by atoms with E-state index in [1.54, 1.807) is 0 Å². The minimum Gasteiger partial charge on any atom is -0.338 e. The van der Waals surface area contributed by atoms with Crippen LogP contribution in [0.3, 0.4) is 0 Å².